The summed E-state index contributed by atoms with van der Waals surface area (Å²) < 4.78 is 85.2. The fourth-order valence-electron chi connectivity index (χ4n) is 4.54. The van der Waals surface area contributed by atoms with Gasteiger partial charge < -0.3 is 19.5 Å². The predicted octanol–water partition coefficient (Wildman–Crippen LogP) is 4.52. The molecular weight excluding hydrogens is 588 g/mol. The highest BCUT2D eigenvalue weighted by molar-refractivity contribution is 14.1. The molecule has 3 atom stereocenters. The zero-order chi connectivity index (χ0) is 25.1. The number of hydrogen-bond donors (Lipinski definition) is 2. The van der Waals surface area contributed by atoms with Gasteiger partial charge in [0.2, 0.25) is 10.0 Å². The molecule has 186 valence electrons. The summed E-state index contributed by atoms with van der Waals surface area (Å²) in [6.07, 6.45) is -0.559. The Morgan fingerprint density at radius 2 is 1.94 bits per heavy atom. The highest BCUT2D eigenvalue weighted by atomic mass is 127. The van der Waals surface area contributed by atoms with Gasteiger partial charge in [0.1, 0.15) is 11.6 Å². The molecule has 0 amide bonds. The summed E-state index contributed by atoms with van der Waals surface area (Å²) in [5, 5.41) is 8.24. The molecular formula is C22H24F3IN2O5S. The molecule has 4 rings (SSSR count). The van der Waals surface area contributed by atoms with Crippen LogP contribution >= 0.6 is 22.6 Å². The van der Waals surface area contributed by atoms with Crippen LogP contribution in [0.3, 0.4) is 0 Å². The lowest BCUT2D eigenvalue weighted by atomic mass is 10.0. The fourth-order valence-corrected chi connectivity index (χ4v) is 6.32. The predicted molar refractivity (Wildman–Crippen MR) is 128 cm³/mol. The fraction of sp³-hybridized carbons (Fsp3) is 0.455. The van der Waals surface area contributed by atoms with Crippen molar-refractivity contribution in [2.45, 2.75) is 49.2 Å². The van der Waals surface area contributed by atoms with Crippen LogP contribution in [-0.4, -0.2) is 38.8 Å². The molecule has 2 aliphatic rings. The summed E-state index contributed by atoms with van der Waals surface area (Å²) in [5.41, 5.74) is -0.452. The lowest BCUT2D eigenvalue weighted by Crippen LogP contribution is -2.37. The third-order valence-electron chi connectivity index (χ3n) is 6.21. The lowest BCUT2D eigenvalue weighted by molar-refractivity contribution is -0.139. The smallest absolute Gasteiger partial charge is 0.215 e. The number of anilines is 2. The quantitative estimate of drug-likeness (QED) is 0.447. The molecule has 7 nitrogen and oxygen atoms in total. The van der Waals surface area contributed by atoms with Crippen LogP contribution in [0.4, 0.5) is 24.5 Å². The molecule has 1 saturated carbocycles. The molecule has 3 unspecified atom stereocenters. The van der Waals surface area contributed by atoms with Gasteiger partial charge in [-0.2, -0.15) is 0 Å². The van der Waals surface area contributed by atoms with Crippen molar-refractivity contribution in [2.24, 2.45) is 5.14 Å². The second-order valence-electron chi connectivity index (χ2n) is 8.93. The first-order valence-corrected chi connectivity index (χ1v) is 13.0. The van der Waals surface area contributed by atoms with E-state index in [-0.39, 0.29) is 36.4 Å². The molecule has 1 aliphatic heterocycles. The number of benzene rings is 2. The first kappa shape index (κ1) is 25.5. The van der Waals surface area contributed by atoms with E-state index in [0.29, 0.717) is 3.57 Å². The Morgan fingerprint density at radius 1 is 1.24 bits per heavy atom. The monoisotopic (exact) mass is 612 g/mol. The molecule has 0 spiro atoms. The van der Waals surface area contributed by atoms with Crippen molar-refractivity contribution in [3.8, 4) is 5.75 Å². The Kier molecular flexibility index (Phi) is 6.60. The molecule has 0 bridgehead atoms. The number of nitrogens with one attached hydrogen (secondary N) is 1. The minimum Gasteiger partial charge on any atom is -0.496 e. The molecule has 1 aliphatic carbocycles. The third kappa shape index (κ3) is 4.62. The highest BCUT2D eigenvalue weighted by Gasteiger charge is 2.66. The van der Waals surface area contributed by atoms with Gasteiger partial charge in [-0.05, 0) is 67.5 Å². The van der Waals surface area contributed by atoms with Crippen molar-refractivity contribution in [3.63, 3.8) is 0 Å². The number of methoxy groups -OCH3 is 1. The van der Waals surface area contributed by atoms with Crippen LogP contribution in [0.15, 0.2) is 24.3 Å². The van der Waals surface area contributed by atoms with E-state index in [9.17, 15) is 17.2 Å². The van der Waals surface area contributed by atoms with Crippen molar-refractivity contribution in [1.82, 2.24) is 0 Å². The van der Waals surface area contributed by atoms with Crippen LogP contribution < -0.4 is 15.2 Å². The van der Waals surface area contributed by atoms with Gasteiger partial charge in [0.15, 0.2) is 17.4 Å². The summed E-state index contributed by atoms with van der Waals surface area (Å²) in [6, 6.07) is 5.03. The number of sulfonamides is 1. The van der Waals surface area contributed by atoms with Gasteiger partial charge >= 0.3 is 0 Å². The van der Waals surface area contributed by atoms with Crippen LogP contribution in [0.25, 0.3) is 0 Å². The van der Waals surface area contributed by atoms with Gasteiger partial charge in [0.05, 0.1) is 35.9 Å². The van der Waals surface area contributed by atoms with Crippen LogP contribution in [0.2, 0.25) is 0 Å². The van der Waals surface area contributed by atoms with Crippen molar-refractivity contribution in [3.05, 3.63) is 50.9 Å². The molecule has 1 saturated heterocycles. The molecule has 0 radical (unpaired) electrons. The van der Waals surface area contributed by atoms with Gasteiger partial charge in [-0.25, -0.2) is 26.7 Å². The molecule has 0 aromatic heterocycles. The molecule has 2 aromatic carbocycles. The van der Waals surface area contributed by atoms with E-state index >= 15 is 4.39 Å². The highest BCUT2D eigenvalue weighted by Crippen LogP contribution is 2.63. The molecule has 2 fully saturated rings. The lowest BCUT2D eigenvalue weighted by Gasteiger charge is -2.23. The second kappa shape index (κ2) is 8.80. The first-order valence-electron chi connectivity index (χ1n) is 10.4. The number of rotatable bonds is 7. The van der Waals surface area contributed by atoms with Gasteiger partial charge in [0.25, 0.3) is 0 Å². The Labute approximate surface area is 209 Å². The van der Waals surface area contributed by atoms with E-state index in [1.165, 1.54) is 19.2 Å². The van der Waals surface area contributed by atoms with Gasteiger partial charge in [-0.3, -0.25) is 0 Å². The summed E-state index contributed by atoms with van der Waals surface area (Å²) in [4.78, 5) is 0. The van der Waals surface area contributed by atoms with Crippen molar-refractivity contribution >= 4 is 44.0 Å². The number of ether oxygens (including phenoxy) is 3. The van der Waals surface area contributed by atoms with Crippen LogP contribution in [0, 0.1) is 21.0 Å². The standard InChI is InChI=1S/C22H24F3IN2O5S/c1-21(2)32-10-12(33-21)8-22(34(27,29)30)9-13(22)18-17(31-3)7-15(24)19(25)20(18)28-16-5-4-11(26)6-14(16)23/h4-7,12-13,28H,8-10H2,1-3H3,(H2,27,29,30). The minimum absolute atomic E-state index is 0.0145. The van der Waals surface area contributed by atoms with Gasteiger partial charge in [-0.15, -0.1) is 0 Å². The largest absolute Gasteiger partial charge is 0.496 e. The molecule has 12 heteroatoms. The van der Waals surface area contributed by atoms with Crippen LogP contribution in [0.1, 0.15) is 38.2 Å². The van der Waals surface area contributed by atoms with Crippen LogP contribution in [0.5, 0.6) is 5.75 Å². The molecule has 3 N–H and O–H groups in total. The number of nitrogens with two attached hydrogens (primary N) is 1. The van der Waals surface area contributed by atoms with E-state index in [4.69, 9.17) is 19.3 Å². The zero-order valence-corrected chi connectivity index (χ0v) is 21.6. The van der Waals surface area contributed by atoms with Crippen molar-refractivity contribution < 1.29 is 35.8 Å². The zero-order valence-electron chi connectivity index (χ0n) is 18.6. The Balaban J connectivity index is 1.79. The summed E-state index contributed by atoms with van der Waals surface area (Å²) in [7, 11) is -2.92. The third-order valence-corrected chi connectivity index (χ3v) is 8.63. The maximum atomic E-state index is 15.1. The average molecular weight is 612 g/mol. The Hall–Kier alpha value is -1.61. The molecule has 2 aromatic rings. The molecule has 34 heavy (non-hydrogen) atoms. The van der Waals surface area contributed by atoms with E-state index in [2.05, 4.69) is 5.32 Å². The number of primary sulfonamides is 1. The van der Waals surface area contributed by atoms with Crippen LogP contribution in [-0.2, 0) is 19.5 Å². The maximum absolute atomic E-state index is 15.1. The summed E-state index contributed by atoms with van der Waals surface area (Å²) in [5.74, 6) is -5.02. The minimum atomic E-state index is -4.17. The number of halogens is 4. The summed E-state index contributed by atoms with van der Waals surface area (Å²) in [6.45, 7) is 3.57. The van der Waals surface area contributed by atoms with Crippen molar-refractivity contribution in [1.29, 1.82) is 0 Å². The number of hydrogen-bond acceptors (Lipinski definition) is 6. The van der Waals surface area contributed by atoms with Crippen molar-refractivity contribution in [2.75, 3.05) is 19.0 Å². The Bertz CT molecular complexity index is 1240. The average Bonchev–Trinajstić information content (AvgIpc) is 3.35. The van der Waals surface area contributed by atoms with E-state index in [1.807, 2.05) is 22.6 Å². The topological polar surface area (TPSA) is 99.9 Å². The van der Waals surface area contributed by atoms with Gasteiger partial charge in [-0.1, -0.05) is 0 Å². The second-order valence-corrected chi connectivity index (χ2v) is 12.1. The first-order chi connectivity index (χ1) is 15.8. The summed E-state index contributed by atoms with van der Waals surface area (Å²) >= 11 is 1.92. The normalized spacial score (nSPS) is 25.9. The maximum Gasteiger partial charge on any atom is 0.215 e. The van der Waals surface area contributed by atoms with E-state index in [0.717, 1.165) is 6.07 Å². The SMILES string of the molecule is COc1cc(F)c(F)c(Nc2ccc(I)cc2F)c1C1CC1(CC1COC(C)(C)O1)S(N)(=O)=O. The Morgan fingerprint density at radius 3 is 2.50 bits per heavy atom. The van der Waals surface area contributed by atoms with Gasteiger partial charge in [0, 0.05) is 21.1 Å². The van der Waals surface area contributed by atoms with E-state index < -0.39 is 55.7 Å². The van der Waals surface area contributed by atoms with E-state index in [1.54, 1.807) is 19.9 Å². The molecule has 1 heterocycles.